The minimum Gasteiger partial charge on any atom is -0.469 e. The lowest BCUT2D eigenvalue weighted by molar-refractivity contribution is -0.143. The second-order valence-electron chi connectivity index (χ2n) is 3.85. The minimum absolute atomic E-state index is 0.0304. The molecule has 0 radical (unpaired) electrons. The number of ether oxygens (including phenoxy) is 2. The van der Waals surface area contributed by atoms with Gasteiger partial charge in [0.1, 0.15) is 0 Å². The highest BCUT2D eigenvalue weighted by molar-refractivity contribution is 5.69. The molecule has 0 amide bonds. The lowest BCUT2D eigenvalue weighted by atomic mass is 9.90. The van der Waals surface area contributed by atoms with E-state index in [4.69, 9.17) is 10.5 Å². The summed E-state index contributed by atoms with van der Waals surface area (Å²) in [7, 11) is 1.40. The maximum Gasteiger partial charge on any atom is 0.305 e. The fourth-order valence-electron chi connectivity index (χ4n) is 1.87. The number of hydrogen-bond donors (Lipinski definition) is 1. The molecular weight excluding hydrogens is 182 g/mol. The van der Waals surface area contributed by atoms with Crippen LogP contribution in [-0.4, -0.2) is 31.8 Å². The lowest BCUT2D eigenvalue weighted by Gasteiger charge is -2.25. The minimum atomic E-state index is -0.206. The number of rotatable bonds is 4. The lowest BCUT2D eigenvalue weighted by Crippen LogP contribution is -2.37. The smallest absolute Gasteiger partial charge is 0.305 e. The zero-order valence-electron chi connectivity index (χ0n) is 8.86. The van der Waals surface area contributed by atoms with Gasteiger partial charge in [-0.25, -0.2) is 0 Å². The maximum absolute atomic E-state index is 11.2. The Morgan fingerprint density at radius 1 is 1.71 bits per heavy atom. The fraction of sp³-hybridized carbons (Fsp3) is 0.900. The van der Waals surface area contributed by atoms with E-state index in [1.807, 2.05) is 6.92 Å². The van der Waals surface area contributed by atoms with Crippen molar-refractivity contribution in [2.45, 2.75) is 38.3 Å². The Kier molecular flexibility index (Phi) is 4.35. The van der Waals surface area contributed by atoms with E-state index in [1.165, 1.54) is 7.11 Å². The highest BCUT2D eigenvalue weighted by Crippen LogP contribution is 2.25. The number of carbonyl (C=O) groups excluding carboxylic acids is 1. The molecule has 1 rings (SSSR count). The van der Waals surface area contributed by atoms with Crippen molar-refractivity contribution in [3.63, 3.8) is 0 Å². The zero-order chi connectivity index (χ0) is 10.6. The van der Waals surface area contributed by atoms with Crippen molar-refractivity contribution >= 4 is 5.97 Å². The third kappa shape index (κ3) is 2.96. The largest absolute Gasteiger partial charge is 0.469 e. The van der Waals surface area contributed by atoms with Crippen LogP contribution in [0.5, 0.6) is 0 Å². The predicted molar refractivity (Wildman–Crippen MR) is 52.7 cm³/mol. The average Bonchev–Trinajstić information content (AvgIpc) is 2.65. The van der Waals surface area contributed by atoms with Crippen molar-refractivity contribution in [2.24, 2.45) is 11.7 Å². The Morgan fingerprint density at radius 3 is 2.86 bits per heavy atom. The third-order valence-corrected chi connectivity index (χ3v) is 2.75. The molecule has 1 fully saturated rings. The Bertz CT molecular complexity index is 188. The average molecular weight is 201 g/mol. The number of carbonyl (C=O) groups is 1. The van der Waals surface area contributed by atoms with Crippen LogP contribution in [0.25, 0.3) is 0 Å². The topological polar surface area (TPSA) is 61.5 Å². The van der Waals surface area contributed by atoms with Crippen LogP contribution in [0, 0.1) is 5.92 Å². The van der Waals surface area contributed by atoms with E-state index >= 15 is 0 Å². The monoisotopic (exact) mass is 201 g/mol. The fourth-order valence-corrected chi connectivity index (χ4v) is 1.87. The third-order valence-electron chi connectivity index (χ3n) is 2.75. The summed E-state index contributed by atoms with van der Waals surface area (Å²) in [6, 6.07) is -0.0304. The van der Waals surface area contributed by atoms with E-state index in [2.05, 4.69) is 4.74 Å². The molecule has 1 aliphatic rings. The summed E-state index contributed by atoms with van der Waals surface area (Å²) in [6.45, 7) is 2.70. The van der Waals surface area contributed by atoms with Gasteiger partial charge in [-0.2, -0.15) is 0 Å². The van der Waals surface area contributed by atoms with Gasteiger partial charge in [-0.3, -0.25) is 4.79 Å². The first kappa shape index (κ1) is 11.5. The molecule has 82 valence electrons. The van der Waals surface area contributed by atoms with Gasteiger partial charge in [0.15, 0.2) is 0 Å². The molecule has 0 aromatic heterocycles. The molecule has 0 bridgehead atoms. The number of hydrogen-bond acceptors (Lipinski definition) is 4. The van der Waals surface area contributed by atoms with Crippen LogP contribution in [0.15, 0.2) is 0 Å². The van der Waals surface area contributed by atoms with Gasteiger partial charge in [0.25, 0.3) is 0 Å². The van der Waals surface area contributed by atoms with Gasteiger partial charge in [-0.05, 0) is 19.8 Å². The van der Waals surface area contributed by atoms with Gasteiger partial charge in [0, 0.05) is 18.6 Å². The first-order valence-corrected chi connectivity index (χ1v) is 5.09. The molecular formula is C10H19NO3. The highest BCUT2D eigenvalue weighted by atomic mass is 16.5. The molecule has 0 aliphatic carbocycles. The molecule has 4 nitrogen and oxygen atoms in total. The highest BCUT2D eigenvalue weighted by Gasteiger charge is 2.30. The van der Waals surface area contributed by atoms with Crippen molar-refractivity contribution in [1.29, 1.82) is 0 Å². The molecule has 1 heterocycles. The Balaban J connectivity index is 2.49. The predicted octanol–water partition coefficient (Wildman–Crippen LogP) is 0.692. The van der Waals surface area contributed by atoms with Crippen LogP contribution in [-0.2, 0) is 14.3 Å². The van der Waals surface area contributed by atoms with Crippen molar-refractivity contribution in [2.75, 3.05) is 13.7 Å². The summed E-state index contributed by atoms with van der Waals surface area (Å²) < 4.78 is 10.2. The van der Waals surface area contributed by atoms with Crippen LogP contribution >= 0.6 is 0 Å². The molecule has 4 heteroatoms. The van der Waals surface area contributed by atoms with Crippen molar-refractivity contribution in [3.05, 3.63) is 0 Å². The first-order valence-electron chi connectivity index (χ1n) is 5.09. The Labute approximate surface area is 84.7 Å². The Hall–Kier alpha value is -0.610. The summed E-state index contributed by atoms with van der Waals surface area (Å²) in [6.07, 6.45) is 2.56. The second kappa shape index (κ2) is 5.32. The molecule has 3 unspecified atom stereocenters. The van der Waals surface area contributed by atoms with Crippen LogP contribution < -0.4 is 5.73 Å². The molecule has 14 heavy (non-hydrogen) atoms. The second-order valence-corrected chi connectivity index (χ2v) is 3.85. The van der Waals surface area contributed by atoms with Gasteiger partial charge in [0.2, 0.25) is 0 Å². The van der Waals surface area contributed by atoms with Gasteiger partial charge in [-0.1, -0.05) is 0 Å². The molecule has 1 aliphatic heterocycles. The SMILES string of the molecule is COC(=O)CC(C(C)N)C1CCCO1. The normalized spacial score (nSPS) is 25.8. The quantitative estimate of drug-likeness (QED) is 0.680. The van der Waals surface area contributed by atoms with Crippen molar-refractivity contribution < 1.29 is 14.3 Å². The summed E-state index contributed by atoms with van der Waals surface area (Å²) in [5.41, 5.74) is 5.83. The summed E-state index contributed by atoms with van der Waals surface area (Å²) >= 11 is 0. The van der Waals surface area contributed by atoms with E-state index in [-0.39, 0.29) is 24.0 Å². The van der Waals surface area contributed by atoms with Crippen LogP contribution in [0.4, 0.5) is 0 Å². The van der Waals surface area contributed by atoms with Crippen LogP contribution in [0.3, 0.4) is 0 Å². The van der Waals surface area contributed by atoms with Crippen LogP contribution in [0.2, 0.25) is 0 Å². The van der Waals surface area contributed by atoms with Crippen LogP contribution in [0.1, 0.15) is 26.2 Å². The van der Waals surface area contributed by atoms with Crippen molar-refractivity contribution in [3.8, 4) is 0 Å². The number of nitrogens with two attached hydrogens (primary N) is 1. The van der Waals surface area contributed by atoms with E-state index in [0.29, 0.717) is 6.42 Å². The van der Waals surface area contributed by atoms with Gasteiger partial charge >= 0.3 is 5.97 Å². The maximum atomic E-state index is 11.2. The molecule has 2 N–H and O–H groups in total. The van der Waals surface area contributed by atoms with E-state index in [0.717, 1.165) is 19.4 Å². The van der Waals surface area contributed by atoms with Gasteiger partial charge in [0.05, 0.1) is 19.6 Å². The summed E-state index contributed by atoms with van der Waals surface area (Å²) in [4.78, 5) is 11.2. The number of methoxy groups -OCH3 is 1. The first-order chi connectivity index (χ1) is 6.65. The molecule has 0 spiro atoms. The summed E-state index contributed by atoms with van der Waals surface area (Å²) in [5, 5.41) is 0. The summed E-state index contributed by atoms with van der Waals surface area (Å²) in [5.74, 6) is -0.118. The zero-order valence-corrected chi connectivity index (χ0v) is 8.86. The molecule has 0 aromatic carbocycles. The molecule has 3 atom stereocenters. The van der Waals surface area contributed by atoms with E-state index in [9.17, 15) is 4.79 Å². The van der Waals surface area contributed by atoms with Gasteiger partial charge < -0.3 is 15.2 Å². The molecule has 0 saturated carbocycles. The Morgan fingerprint density at radius 2 is 2.43 bits per heavy atom. The van der Waals surface area contributed by atoms with E-state index in [1.54, 1.807) is 0 Å². The number of esters is 1. The molecule has 1 saturated heterocycles. The van der Waals surface area contributed by atoms with Crippen molar-refractivity contribution in [1.82, 2.24) is 0 Å². The van der Waals surface area contributed by atoms with E-state index < -0.39 is 0 Å². The molecule has 0 aromatic rings. The van der Waals surface area contributed by atoms with Gasteiger partial charge in [-0.15, -0.1) is 0 Å². The standard InChI is InChI=1S/C10H19NO3/c1-7(11)8(6-10(12)13-2)9-4-3-5-14-9/h7-9H,3-6,11H2,1-2H3.